The number of nitrogens with zero attached hydrogens (tertiary/aromatic N) is 5. The molecule has 0 amide bonds. The molecule has 0 aliphatic rings. The number of benzene rings is 1. The molecule has 0 aliphatic heterocycles. The number of aromatic nitrogens is 2. The number of hydrogen-bond donors (Lipinski definition) is 1. The SMILES string of the molecule is N#CC(C#N)=NNc1cc(F)ccc1-n1ccnc1. The molecule has 0 bridgehead atoms. The summed E-state index contributed by atoms with van der Waals surface area (Å²) < 4.78 is 14.9. The van der Waals surface area contributed by atoms with Gasteiger partial charge in [0, 0.05) is 18.5 Å². The second-order valence-corrected chi connectivity index (χ2v) is 3.43. The van der Waals surface area contributed by atoms with E-state index < -0.39 is 5.82 Å². The fraction of sp³-hybridized carbons (Fsp3) is 0. The monoisotopic (exact) mass is 254 g/mol. The second kappa shape index (κ2) is 5.43. The minimum Gasteiger partial charge on any atom is -0.304 e. The van der Waals surface area contributed by atoms with E-state index in [0.29, 0.717) is 11.4 Å². The average Bonchev–Trinajstić information content (AvgIpc) is 2.94. The molecule has 0 atom stereocenters. The van der Waals surface area contributed by atoms with Crippen molar-refractivity contribution in [2.24, 2.45) is 5.10 Å². The summed E-state index contributed by atoms with van der Waals surface area (Å²) in [5.74, 6) is -0.461. The minimum atomic E-state index is -0.461. The Kier molecular flexibility index (Phi) is 3.51. The quantitative estimate of drug-likeness (QED) is 0.668. The molecule has 0 saturated carbocycles. The maximum absolute atomic E-state index is 13.2. The highest BCUT2D eigenvalue weighted by molar-refractivity contribution is 6.10. The van der Waals surface area contributed by atoms with Crippen LogP contribution in [0, 0.1) is 28.5 Å². The lowest BCUT2D eigenvalue weighted by Crippen LogP contribution is -2.01. The first-order valence-electron chi connectivity index (χ1n) is 5.16. The molecular weight excluding hydrogens is 247 g/mol. The van der Waals surface area contributed by atoms with Crippen LogP contribution >= 0.6 is 0 Å². The van der Waals surface area contributed by atoms with Crippen LogP contribution in [-0.2, 0) is 0 Å². The summed E-state index contributed by atoms with van der Waals surface area (Å²) in [6, 6.07) is 7.25. The number of imidazole rings is 1. The smallest absolute Gasteiger partial charge is 0.237 e. The van der Waals surface area contributed by atoms with Crippen LogP contribution in [0.2, 0.25) is 0 Å². The molecule has 0 fully saturated rings. The van der Waals surface area contributed by atoms with Gasteiger partial charge < -0.3 is 4.57 Å². The predicted octanol–water partition coefficient (Wildman–Crippen LogP) is 1.83. The lowest BCUT2D eigenvalue weighted by molar-refractivity contribution is 0.628. The summed E-state index contributed by atoms with van der Waals surface area (Å²) in [5.41, 5.74) is 3.07. The van der Waals surface area contributed by atoms with Crippen LogP contribution in [0.1, 0.15) is 0 Å². The van der Waals surface area contributed by atoms with Crippen molar-refractivity contribution in [2.45, 2.75) is 0 Å². The Morgan fingerprint density at radius 1 is 1.37 bits per heavy atom. The van der Waals surface area contributed by atoms with E-state index in [9.17, 15) is 4.39 Å². The van der Waals surface area contributed by atoms with E-state index in [2.05, 4.69) is 15.5 Å². The molecular formula is C12H7FN6. The summed E-state index contributed by atoms with van der Waals surface area (Å²) in [7, 11) is 0. The summed E-state index contributed by atoms with van der Waals surface area (Å²) >= 11 is 0. The zero-order chi connectivity index (χ0) is 13.7. The van der Waals surface area contributed by atoms with Gasteiger partial charge in [0.15, 0.2) is 0 Å². The molecule has 92 valence electrons. The van der Waals surface area contributed by atoms with Crippen molar-refractivity contribution in [3.63, 3.8) is 0 Å². The van der Waals surface area contributed by atoms with E-state index in [1.165, 1.54) is 24.5 Å². The topological polar surface area (TPSA) is 89.8 Å². The molecule has 1 aromatic carbocycles. The van der Waals surface area contributed by atoms with E-state index in [1.54, 1.807) is 29.1 Å². The number of anilines is 1. The Morgan fingerprint density at radius 3 is 2.79 bits per heavy atom. The molecule has 7 heteroatoms. The fourth-order valence-electron chi connectivity index (χ4n) is 1.42. The zero-order valence-corrected chi connectivity index (χ0v) is 9.58. The molecule has 0 spiro atoms. The van der Waals surface area contributed by atoms with Gasteiger partial charge in [0.1, 0.15) is 18.0 Å². The third-order valence-electron chi connectivity index (χ3n) is 2.24. The lowest BCUT2D eigenvalue weighted by atomic mass is 10.2. The number of hydrogen-bond acceptors (Lipinski definition) is 5. The molecule has 2 rings (SSSR count). The van der Waals surface area contributed by atoms with E-state index in [1.807, 2.05) is 0 Å². The zero-order valence-electron chi connectivity index (χ0n) is 9.58. The van der Waals surface area contributed by atoms with Gasteiger partial charge in [-0.1, -0.05) is 0 Å². The lowest BCUT2D eigenvalue weighted by Gasteiger charge is -2.09. The fourth-order valence-corrected chi connectivity index (χ4v) is 1.42. The van der Waals surface area contributed by atoms with Crippen molar-refractivity contribution in [3.8, 4) is 17.8 Å². The summed E-state index contributed by atoms with van der Waals surface area (Å²) in [4.78, 5) is 3.89. The van der Waals surface area contributed by atoms with Crippen LogP contribution in [0.15, 0.2) is 42.0 Å². The van der Waals surface area contributed by atoms with E-state index >= 15 is 0 Å². The molecule has 0 aliphatic carbocycles. The van der Waals surface area contributed by atoms with E-state index in [4.69, 9.17) is 10.5 Å². The van der Waals surface area contributed by atoms with Crippen LogP contribution in [0.25, 0.3) is 5.69 Å². The van der Waals surface area contributed by atoms with E-state index in [-0.39, 0.29) is 5.71 Å². The maximum atomic E-state index is 13.2. The van der Waals surface area contributed by atoms with Crippen LogP contribution in [0.3, 0.4) is 0 Å². The van der Waals surface area contributed by atoms with Crippen molar-refractivity contribution in [2.75, 3.05) is 5.43 Å². The molecule has 1 N–H and O–H groups in total. The van der Waals surface area contributed by atoms with Gasteiger partial charge in [-0.2, -0.15) is 15.6 Å². The average molecular weight is 254 g/mol. The van der Waals surface area contributed by atoms with Crippen molar-refractivity contribution in [1.82, 2.24) is 9.55 Å². The molecule has 0 unspecified atom stereocenters. The molecule has 0 radical (unpaired) electrons. The highest BCUT2D eigenvalue weighted by Crippen LogP contribution is 2.21. The molecule has 19 heavy (non-hydrogen) atoms. The van der Waals surface area contributed by atoms with Gasteiger partial charge in [0.2, 0.25) is 5.71 Å². The normalized spacial score (nSPS) is 9.21. The van der Waals surface area contributed by atoms with Crippen molar-refractivity contribution in [3.05, 3.63) is 42.7 Å². The Labute approximate surface area is 108 Å². The first-order valence-corrected chi connectivity index (χ1v) is 5.16. The molecule has 1 aromatic heterocycles. The Balaban J connectivity index is 2.40. The first kappa shape index (κ1) is 12.3. The van der Waals surface area contributed by atoms with Gasteiger partial charge in [0.25, 0.3) is 0 Å². The molecule has 1 heterocycles. The number of rotatable bonds is 3. The van der Waals surface area contributed by atoms with E-state index in [0.717, 1.165) is 0 Å². The van der Waals surface area contributed by atoms with Gasteiger partial charge in [-0.25, -0.2) is 9.37 Å². The highest BCUT2D eigenvalue weighted by Gasteiger charge is 2.06. The number of nitrogens with one attached hydrogen (secondary N) is 1. The predicted molar refractivity (Wildman–Crippen MR) is 65.8 cm³/mol. The van der Waals surface area contributed by atoms with Gasteiger partial charge >= 0.3 is 0 Å². The number of hydrazone groups is 1. The second-order valence-electron chi connectivity index (χ2n) is 3.43. The summed E-state index contributed by atoms with van der Waals surface area (Å²) in [5, 5.41) is 20.7. The number of halogens is 1. The molecule has 2 aromatic rings. The van der Waals surface area contributed by atoms with Gasteiger partial charge in [-0.15, -0.1) is 0 Å². The van der Waals surface area contributed by atoms with Crippen molar-refractivity contribution >= 4 is 11.4 Å². The molecule has 6 nitrogen and oxygen atoms in total. The van der Waals surface area contributed by atoms with Crippen LogP contribution in [-0.4, -0.2) is 15.3 Å². The largest absolute Gasteiger partial charge is 0.304 e. The summed E-state index contributed by atoms with van der Waals surface area (Å²) in [6.45, 7) is 0. The molecule has 0 saturated heterocycles. The van der Waals surface area contributed by atoms with Gasteiger partial charge in [-0.05, 0) is 12.1 Å². The standard InChI is InChI=1S/C12H7FN6/c13-9-1-2-12(19-4-3-16-8-19)11(5-9)18-17-10(6-14)7-15/h1-5,8,18H. The Bertz CT molecular complexity index is 674. The third-order valence-corrected chi connectivity index (χ3v) is 2.24. The van der Waals surface area contributed by atoms with Crippen molar-refractivity contribution in [1.29, 1.82) is 10.5 Å². The minimum absolute atomic E-state index is 0.320. The van der Waals surface area contributed by atoms with Crippen LogP contribution in [0.4, 0.5) is 10.1 Å². The Hall–Kier alpha value is -3.19. The highest BCUT2D eigenvalue weighted by atomic mass is 19.1. The van der Waals surface area contributed by atoms with Gasteiger partial charge in [-0.3, -0.25) is 5.43 Å². The number of nitriles is 2. The van der Waals surface area contributed by atoms with Gasteiger partial charge in [0.05, 0.1) is 17.7 Å². The van der Waals surface area contributed by atoms with Crippen molar-refractivity contribution < 1.29 is 4.39 Å². The summed E-state index contributed by atoms with van der Waals surface area (Å²) in [6.07, 6.45) is 4.79. The maximum Gasteiger partial charge on any atom is 0.237 e. The Morgan fingerprint density at radius 2 is 2.16 bits per heavy atom. The van der Waals surface area contributed by atoms with Crippen LogP contribution in [0.5, 0.6) is 0 Å². The van der Waals surface area contributed by atoms with Crippen LogP contribution < -0.4 is 5.43 Å². The third kappa shape index (κ3) is 2.73. The first-order chi connectivity index (χ1) is 9.24.